The van der Waals surface area contributed by atoms with Gasteiger partial charge in [0.15, 0.2) is 14.1 Å². The summed E-state index contributed by atoms with van der Waals surface area (Å²) in [7, 11) is -1.93. The maximum absolute atomic E-state index is 12.5. The van der Waals surface area contributed by atoms with Crippen molar-refractivity contribution in [3.05, 3.63) is 48.6 Å². The summed E-state index contributed by atoms with van der Waals surface area (Å²) in [5, 5.41) is 0.0894. The van der Waals surface area contributed by atoms with E-state index in [1.807, 2.05) is 30.3 Å². The molecule has 4 heteroatoms. The summed E-state index contributed by atoms with van der Waals surface area (Å²) in [6.07, 6.45) is 1.74. The first-order valence-corrected chi connectivity index (χ1v) is 11.0. The molecule has 0 bridgehead atoms. The van der Waals surface area contributed by atoms with Crippen molar-refractivity contribution in [1.29, 1.82) is 0 Å². The Morgan fingerprint density at radius 3 is 2.39 bits per heavy atom. The van der Waals surface area contributed by atoms with Gasteiger partial charge in [-0.15, -0.1) is 6.58 Å². The minimum atomic E-state index is -1.93. The molecule has 0 N–H and O–H groups in total. The van der Waals surface area contributed by atoms with Crippen molar-refractivity contribution in [2.75, 3.05) is 6.61 Å². The summed E-state index contributed by atoms with van der Waals surface area (Å²) < 4.78 is 11.8. The molecule has 0 heterocycles. The molecular formula is C19H30O3Si. The number of benzene rings is 1. The highest BCUT2D eigenvalue weighted by Crippen LogP contribution is 2.36. The van der Waals surface area contributed by atoms with Crippen molar-refractivity contribution < 1.29 is 14.0 Å². The van der Waals surface area contributed by atoms with Crippen molar-refractivity contribution in [2.24, 2.45) is 0 Å². The molecule has 1 rings (SSSR count). The SMILES string of the molecule is C=CC[C@H](OCc1ccccc1)C(=O)CO[Si](C)(C)C(C)(C)C. The molecule has 0 unspecified atom stereocenters. The Morgan fingerprint density at radius 2 is 1.87 bits per heavy atom. The number of hydrogen-bond acceptors (Lipinski definition) is 3. The Hall–Kier alpha value is -1.23. The molecule has 23 heavy (non-hydrogen) atoms. The second-order valence-electron chi connectivity index (χ2n) is 7.32. The number of carbonyl (C=O) groups is 1. The molecule has 0 fully saturated rings. The molecule has 0 amide bonds. The van der Waals surface area contributed by atoms with Crippen LogP contribution in [0.1, 0.15) is 32.8 Å². The van der Waals surface area contributed by atoms with E-state index in [0.29, 0.717) is 13.0 Å². The summed E-state index contributed by atoms with van der Waals surface area (Å²) in [6.45, 7) is 15.0. The van der Waals surface area contributed by atoms with Crippen molar-refractivity contribution in [2.45, 2.75) is 58.0 Å². The molecule has 3 nitrogen and oxygen atoms in total. The zero-order valence-corrected chi connectivity index (χ0v) is 16.1. The summed E-state index contributed by atoms with van der Waals surface area (Å²) in [5.41, 5.74) is 1.06. The van der Waals surface area contributed by atoms with Gasteiger partial charge < -0.3 is 9.16 Å². The van der Waals surface area contributed by atoms with Gasteiger partial charge in [-0.05, 0) is 30.1 Å². The fourth-order valence-corrected chi connectivity index (χ4v) is 2.71. The molecule has 0 spiro atoms. The first kappa shape index (κ1) is 19.8. The Morgan fingerprint density at radius 1 is 1.26 bits per heavy atom. The van der Waals surface area contributed by atoms with E-state index in [4.69, 9.17) is 9.16 Å². The lowest BCUT2D eigenvalue weighted by Gasteiger charge is -2.36. The highest BCUT2D eigenvalue weighted by Gasteiger charge is 2.38. The van der Waals surface area contributed by atoms with Crippen molar-refractivity contribution in [1.82, 2.24) is 0 Å². The predicted molar refractivity (Wildman–Crippen MR) is 98.0 cm³/mol. The molecular weight excluding hydrogens is 304 g/mol. The quantitative estimate of drug-likeness (QED) is 0.483. The topological polar surface area (TPSA) is 35.5 Å². The molecule has 0 aromatic heterocycles. The van der Waals surface area contributed by atoms with Gasteiger partial charge in [0.05, 0.1) is 13.2 Å². The van der Waals surface area contributed by atoms with Crippen LogP contribution in [0.3, 0.4) is 0 Å². The molecule has 1 atom stereocenters. The zero-order valence-electron chi connectivity index (χ0n) is 15.1. The predicted octanol–water partition coefficient (Wildman–Crippen LogP) is 4.74. The lowest BCUT2D eigenvalue weighted by Crippen LogP contribution is -2.43. The number of Topliss-reactive ketones (excluding diaryl/α,β-unsaturated/α-hetero) is 1. The molecule has 0 aliphatic heterocycles. The number of carbonyl (C=O) groups excluding carboxylic acids is 1. The monoisotopic (exact) mass is 334 g/mol. The third kappa shape index (κ3) is 6.41. The van der Waals surface area contributed by atoms with Crippen LogP contribution in [0.5, 0.6) is 0 Å². The Balaban J connectivity index is 2.59. The van der Waals surface area contributed by atoms with Gasteiger partial charge in [0.1, 0.15) is 6.10 Å². The number of ketones is 1. The number of rotatable bonds is 9. The van der Waals surface area contributed by atoms with Gasteiger partial charge in [0.2, 0.25) is 0 Å². The maximum Gasteiger partial charge on any atom is 0.192 e. The second kappa shape index (κ2) is 8.57. The van der Waals surface area contributed by atoms with Crippen LogP contribution in [0, 0.1) is 0 Å². The van der Waals surface area contributed by atoms with E-state index in [9.17, 15) is 4.79 Å². The summed E-state index contributed by atoms with van der Waals surface area (Å²) in [5.74, 6) is -0.00865. The average molecular weight is 335 g/mol. The van der Waals surface area contributed by atoms with Crippen LogP contribution in [0.2, 0.25) is 18.1 Å². The lowest BCUT2D eigenvalue weighted by molar-refractivity contribution is -0.133. The fourth-order valence-electron chi connectivity index (χ4n) is 1.78. The normalized spacial score (nSPS) is 13.6. The van der Waals surface area contributed by atoms with Gasteiger partial charge in [-0.1, -0.05) is 57.2 Å². The van der Waals surface area contributed by atoms with E-state index in [-0.39, 0.29) is 17.4 Å². The standard InChI is InChI=1S/C19H30O3Si/c1-7-11-18(21-14-16-12-9-8-10-13-16)17(20)15-22-23(5,6)19(2,3)4/h7-10,12-13,18H,1,11,14-15H2,2-6H3/t18-/m0/s1. The van der Waals surface area contributed by atoms with Gasteiger partial charge in [-0.25, -0.2) is 0 Å². The van der Waals surface area contributed by atoms with Gasteiger partial charge in [-0.3, -0.25) is 4.79 Å². The second-order valence-corrected chi connectivity index (χ2v) is 12.1. The van der Waals surface area contributed by atoms with E-state index < -0.39 is 14.4 Å². The van der Waals surface area contributed by atoms with Gasteiger partial charge in [-0.2, -0.15) is 0 Å². The van der Waals surface area contributed by atoms with Crippen LogP contribution in [-0.2, 0) is 20.6 Å². The molecule has 0 saturated heterocycles. The molecule has 0 saturated carbocycles. The number of ether oxygens (including phenoxy) is 1. The van der Waals surface area contributed by atoms with E-state index in [0.717, 1.165) is 5.56 Å². The summed E-state index contributed by atoms with van der Waals surface area (Å²) in [6, 6.07) is 9.86. The van der Waals surface area contributed by atoms with Crippen LogP contribution >= 0.6 is 0 Å². The molecule has 1 aromatic carbocycles. The molecule has 128 valence electrons. The lowest BCUT2D eigenvalue weighted by atomic mass is 10.1. The molecule has 0 radical (unpaired) electrons. The van der Waals surface area contributed by atoms with Gasteiger partial charge in [0, 0.05) is 0 Å². The Bertz CT molecular complexity index is 503. The van der Waals surface area contributed by atoms with Crippen LogP contribution in [-0.4, -0.2) is 26.8 Å². The summed E-state index contributed by atoms with van der Waals surface area (Å²) >= 11 is 0. The van der Waals surface area contributed by atoms with Crippen molar-refractivity contribution in [3.8, 4) is 0 Å². The Kier molecular flexibility index (Phi) is 7.38. The highest BCUT2D eigenvalue weighted by atomic mass is 28.4. The minimum Gasteiger partial charge on any atom is -0.409 e. The first-order chi connectivity index (χ1) is 10.7. The first-order valence-electron chi connectivity index (χ1n) is 8.10. The third-order valence-corrected chi connectivity index (χ3v) is 8.89. The van der Waals surface area contributed by atoms with Crippen LogP contribution in [0.25, 0.3) is 0 Å². The van der Waals surface area contributed by atoms with Crippen LogP contribution in [0.15, 0.2) is 43.0 Å². The summed E-state index contributed by atoms with van der Waals surface area (Å²) in [4.78, 5) is 12.5. The van der Waals surface area contributed by atoms with Crippen molar-refractivity contribution in [3.63, 3.8) is 0 Å². The van der Waals surface area contributed by atoms with E-state index in [1.54, 1.807) is 6.08 Å². The van der Waals surface area contributed by atoms with E-state index in [1.165, 1.54) is 0 Å². The van der Waals surface area contributed by atoms with Gasteiger partial charge >= 0.3 is 0 Å². The van der Waals surface area contributed by atoms with Gasteiger partial charge in [0.25, 0.3) is 0 Å². The molecule has 0 aliphatic carbocycles. The highest BCUT2D eigenvalue weighted by molar-refractivity contribution is 6.74. The smallest absolute Gasteiger partial charge is 0.192 e. The number of hydrogen-bond donors (Lipinski definition) is 0. The minimum absolute atomic E-state index is 0.00865. The van der Waals surface area contributed by atoms with E-state index >= 15 is 0 Å². The van der Waals surface area contributed by atoms with Crippen molar-refractivity contribution >= 4 is 14.1 Å². The largest absolute Gasteiger partial charge is 0.409 e. The third-order valence-electron chi connectivity index (χ3n) is 4.42. The maximum atomic E-state index is 12.5. The van der Waals surface area contributed by atoms with Crippen LogP contribution in [0.4, 0.5) is 0 Å². The Labute approximate surface area is 141 Å². The van der Waals surface area contributed by atoms with Crippen LogP contribution < -0.4 is 0 Å². The molecule has 1 aromatic rings. The average Bonchev–Trinajstić information content (AvgIpc) is 2.49. The molecule has 0 aliphatic rings. The van der Waals surface area contributed by atoms with E-state index in [2.05, 4.69) is 40.4 Å². The fraction of sp³-hybridized carbons (Fsp3) is 0.526. The zero-order chi connectivity index (χ0) is 17.5.